The van der Waals surface area contributed by atoms with Crippen molar-refractivity contribution in [2.24, 2.45) is 0 Å². The van der Waals surface area contributed by atoms with Crippen molar-refractivity contribution in [2.75, 3.05) is 23.7 Å². The number of anilines is 2. The summed E-state index contributed by atoms with van der Waals surface area (Å²) in [5.74, 6) is 0. The van der Waals surface area contributed by atoms with Crippen LogP contribution in [-0.4, -0.2) is 32.7 Å². The van der Waals surface area contributed by atoms with E-state index in [9.17, 15) is 8.42 Å². The van der Waals surface area contributed by atoms with Crippen LogP contribution in [0, 0.1) is 6.92 Å². The lowest BCUT2D eigenvalue weighted by atomic mass is 10.3. The average molecular weight is 280 g/mol. The molecule has 0 aliphatic carbocycles. The molecular formula is C12H16N4O2S. The molecule has 0 saturated heterocycles. The van der Waals surface area contributed by atoms with Gasteiger partial charge in [-0.1, -0.05) is 0 Å². The van der Waals surface area contributed by atoms with Gasteiger partial charge in [0.15, 0.2) is 0 Å². The lowest BCUT2D eigenvalue weighted by Crippen LogP contribution is -2.13. The molecule has 0 unspecified atom stereocenters. The van der Waals surface area contributed by atoms with E-state index in [1.54, 1.807) is 19.1 Å². The van der Waals surface area contributed by atoms with Crippen LogP contribution in [0.25, 0.3) is 0 Å². The number of nitrogens with one attached hydrogen (secondary N) is 2. The molecule has 0 bridgehead atoms. The van der Waals surface area contributed by atoms with Crippen LogP contribution in [0.4, 0.5) is 11.4 Å². The summed E-state index contributed by atoms with van der Waals surface area (Å²) in [7, 11) is 0.258. The molecule has 19 heavy (non-hydrogen) atoms. The lowest BCUT2D eigenvalue weighted by Gasteiger charge is -2.13. The fraction of sp³-hybridized carbons (Fsp3) is 0.250. The zero-order valence-electron chi connectivity index (χ0n) is 11.0. The molecule has 1 aromatic heterocycles. The van der Waals surface area contributed by atoms with Gasteiger partial charge in [-0.2, -0.15) is 5.10 Å². The molecule has 0 atom stereocenters. The molecule has 6 nitrogen and oxygen atoms in total. The van der Waals surface area contributed by atoms with Crippen molar-refractivity contribution >= 4 is 21.4 Å². The van der Waals surface area contributed by atoms with Gasteiger partial charge in [-0.25, -0.2) is 8.42 Å². The Labute approximate surface area is 112 Å². The van der Waals surface area contributed by atoms with Gasteiger partial charge < -0.3 is 4.90 Å². The maximum Gasteiger partial charge on any atom is 0.265 e. The van der Waals surface area contributed by atoms with E-state index in [0.29, 0.717) is 11.4 Å². The average Bonchev–Trinajstić information content (AvgIpc) is 2.76. The second-order valence-electron chi connectivity index (χ2n) is 4.41. The molecular weight excluding hydrogens is 264 g/mol. The van der Waals surface area contributed by atoms with Crippen molar-refractivity contribution in [3.63, 3.8) is 0 Å². The Morgan fingerprint density at radius 2 is 1.84 bits per heavy atom. The normalized spacial score (nSPS) is 11.3. The summed E-state index contributed by atoms with van der Waals surface area (Å²) < 4.78 is 26.8. The summed E-state index contributed by atoms with van der Waals surface area (Å²) in [5, 5.41) is 6.32. The van der Waals surface area contributed by atoms with Crippen molar-refractivity contribution in [1.82, 2.24) is 10.2 Å². The Bertz CT molecular complexity index is 659. The third-order valence-electron chi connectivity index (χ3n) is 2.71. The smallest absolute Gasteiger partial charge is 0.265 e. The summed E-state index contributed by atoms with van der Waals surface area (Å²) in [6.45, 7) is 1.66. The van der Waals surface area contributed by atoms with Crippen molar-refractivity contribution in [3.8, 4) is 0 Å². The molecule has 0 amide bonds. The zero-order valence-corrected chi connectivity index (χ0v) is 11.8. The molecule has 1 heterocycles. The van der Waals surface area contributed by atoms with Gasteiger partial charge in [0.25, 0.3) is 10.0 Å². The number of nitrogens with zero attached hydrogens (tertiary/aromatic N) is 2. The van der Waals surface area contributed by atoms with Crippen LogP contribution in [0.3, 0.4) is 0 Å². The fourth-order valence-electron chi connectivity index (χ4n) is 1.65. The first-order chi connectivity index (χ1) is 8.90. The quantitative estimate of drug-likeness (QED) is 0.891. The Morgan fingerprint density at radius 1 is 1.21 bits per heavy atom. The molecule has 2 rings (SSSR count). The van der Waals surface area contributed by atoms with Crippen LogP contribution in [0.15, 0.2) is 35.4 Å². The molecule has 0 radical (unpaired) electrons. The van der Waals surface area contributed by atoms with Gasteiger partial charge in [-0.3, -0.25) is 9.82 Å². The Balaban J connectivity index is 2.24. The van der Waals surface area contributed by atoms with Gasteiger partial charge in [0, 0.05) is 25.5 Å². The minimum absolute atomic E-state index is 0.157. The molecule has 7 heteroatoms. The first-order valence-corrected chi connectivity index (χ1v) is 7.18. The molecule has 0 fully saturated rings. The summed E-state index contributed by atoms with van der Waals surface area (Å²) in [5.41, 5.74) is 2.03. The number of aromatic nitrogens is 2. The van der Waals surface area contributed by atoms with Gasteiger partial charge >= 0.3 is 0 Å². The van der Waals surface area contributed by atoms with Crippen LogP contribution >= 0.6 is 0 Å². The number of H-pyrrole nitrogens is 1. The molecule has 1 aromatic carbocycles. The largest absolute Gasteiger partial charge is 0.378 e. The highest BCUT2D eigenvalue weighted by atomic mass is 32.2. The van der Waals surface area contributed by atoms with Crippen molar-refractivity contribution in [2.45, 2.75) is 11.8 Å². The molecule has 0 aliphatic heterocycles. The molecule has 0 spiro atoms. The highest BCUT2D eigenvalue weighted by Crippen LogP contribution is 2.20. The number of aryl methyl sites for hydroxylation is 1. The highest BCUT2D eigenvalue weighted by molar-refractivity contribution is 7.92. The number of hydrogen-bond acceptors (Lipinski definition) is 4. The van der Waals surface area contributed by atoms with Gasteiger partial charge in [0.05, 0.1) is 11.9 Å². The number of rotatable bonds is 4. The summed E-state index contributed by atoms with van der Waals surface area (Å²) in [6.07, 6.45) is 1.30. The maximum absolute atomic E-state index is 12.1. The van der Waals surface area contributed by atoms with E-state index in [1.807, 2.05) is 31.1 Å². The first-order valence-electron chi connectivity index (χ1n) is 5.70. The summed E-state index contributed by atoms with van der Waals surface area (Å²) in [4.78, 5) is 2.10. The summed E-state index contributed by atoms with van der Waals surface area (Å²) >= 11 is 0. The molecule has 0 saturated carbocycles. The van der Waals surface area contributed by atoms with Gasteiger partial charge in [0.2, 0.25) is 0 Å². The minimum atomic E-state index is -3.59. The molecule has 2 N–H and O–H groups in total. The predicted octanol–water partition coefficient (Wildman–Crippen LogP) is 1.58. The highest BCUT2D eigenvalue weighted by Gasteiger charge is 2.18. The van der Waals surface area contributed by atoms with Gasteiger partial charge in [0.1, 0.15) is 4.90 Å². The van der Waals surface area contributed by atoms with E-state index in [0.717, 1.165) is 5.69 Å². The second kappa shape index (κ2) is 4.93. The van der Waals surface area contributed by atoms with E-state index >= 15 is 0 Å². The second-order valence-corrected chi connectivity index (χ2v) is 6.06. The van der Waals surface area contributed by atoms with E-state index in [1.165, 1.54) is 6.20 Å². The Morgan fingerprint density at radius 3 is 2.32 bits per heavy atom. The van der Waals surface area contributed by atoms with E-state index < -0.39 is 10.0 Å². The summed E-state index contributed by atoms with van der Waals surface area (Å²) in [6, 6.07) is 7.14. The van der Waals surface area contributed by atoms with Gasteiger partial charge in [-0.05, 0) is 31.2 Å². The molecule has 0 aliphatic rings. The Hall–Kier alpha value is -2.02. The SMILES string of the molecule is Cc1[nH]ncc1S(=O)(=O)Nc1ccc(N(C)C)cc1. The Kier molecular flexibility index (Phi) is 3.48. The topological polar surface area (TPSA) is 78.1 Å². The van der Waals surface area contributed by atoms with Crippen LogP contribution in [-0.2, 0) is 10.0 Å². The lowest BCUT2D eigenvalue weighted by molar-refractivity contribution is 0.600. The zero-order chi connectivity index (χ0) is 14.0. The van der Waals surface area contributed by atoms with Crippen LogP contribution in [0.1, 0.15) is 5.69 Å². The number of aromatic amines is 1. The van der Waals surface area contributed by atoms with Crippen LogP contribution in [0.2, 0.25) is 0 Å². The van der Waals surface area contributed by atoms with E-state index in [2.05, 4.69) is 14.9 Å². The van der Waals surface area contributed by atoms with E-state index in [-0.39, 0.29) is 4.90 Å². The van der Waals surface area contributed by atoms with Crippen molar-refractivity contribution < 1.29 is 8.42 Å². The fourth-order valence-corrected chi connectivity index (χ4v) is 2.84. The first kappa shape index (κ1) is 13.4. The molecule has 2 aromatic rings. The third kappa shape index (κ3) is 2.87. The van der Waals surface area contributed by atoms with Crippen LogP contribution < -0.4 is 9.62 Å². The maximum atomic E-state index is 12.1. The number of hydrogen-bond donors (Lipinski definition) is 2. The minimum Gasteiger partial charge on any atom is -0.378 e. The van der Waals surface area contributed by atoms with E-state index in [4.69, 9.17) is 0 Å². The van der Waals surface area contributed by atoms with Crippen molar-refractivity contribution in [3.05, 3.63) is 36.2 Å². The number of benzene rings is 1. The van der Waals surface area contributed by atoms with Crippen molar-refractivity contribution in [1.29, 1.82) is 0 Å². The van der Waals surface area contributed by atoms with Gasteiger partial charge in [-0.15, -0.1) is 0 Å². The van der Waals surface area contributed by atoms with Crippen LogP contribution in [0.5, 0.6) is 0 Å². The number of sulfonamides is 1. The molecule has 102 valence electrons. The standard InChI is InChI=1S/C12H16N4O2S/c1-9-12(8-13-14-9)19(17,18)15-10-4-6-11(7-5-10)16(2)3/h4-8,15H,1-3H3,(H,13,14). The monoisotopic (exact) mass is 280 g/mol. The predicted molar refractivity (Wildman–Crippen MR) is 74.9 cm³/mol. The third-order valence-corrected chi connectivity index (χ3v) is 4.20.